The number of fused-ring (bicyclic) bond motifs is 1. The maximum atomic E-state index is 11.9. The average molecular weight is 267 g/mol. The fraction of sp³-hybridized carbons (Fsp3) is 0.857. The zero-order valence-electron chi connectivity index (χ0n) is 11.2. The van der Waals surface area contributed by atoms with Crippen LogP contribution in [-0.2, 0) is 14.3 Å². The summed E-state index contributed by atoms with van der Waals surface area (Å²) in [4.78, 5) is 25.2. The van der Waals surface area contributed by atoms with Crippen molar-refractivity contribution >= 4 is 11.8 Å². The minimum atomic E-state index is -0.445. The van der Waals surface area contributed by atoms with E-state index in [9.17, 15) is 14.7 Å². The molecule has 5 nitrogen and oxygen atoms in total. The van der Waals surface area contributed by atoms with Crippen LogP contribution in [0.5, 0.6) is 0 Å². The van der Waals surface area contributed by atoms with Crippen LogP contribution in [0.3, 0.4) is 0 Å². The maximum Gasteiger partial charge on any atom is 0.313 e. The van der Waals surface area contributed by atoms with E-state index >= 15 is 0 Å². The first kappa shape index (κ1) is 13.1. The van der Waals surface area contributed by atoms with Gasteiger partial charge in [0.15, 0.2) is 5.78 Å². The van der Waals surface area contributed by atoms with Gasteiger partial charge in [0.2, 0.25) is 0 Å². The normalized spacial score (nSPS) is 39.8. The summed E-state index contributed by atoms with van der Waals surface area (Å²) in [5.41, 5.74) is 0. The lowest BCUT2D eigenvalue weighted by Gasteiger charge is -2.28. The van der Waals surface area contributed by atoms with Gasteiger partial charge in [0.1, 0.15) is 6.42 Å². The fourth-order valence-corrected chi connectivity index (χ4v) is 4.38. The predicted octanol–water partition coefficient (Wildman–Crippen LogP) is 0.210. The highest BCUT2D eigenvalue weighted by Crippen LogP contribution is 2.54. The summed E-state index contributed by atoms with van der Waals surface area (Å²) in [6.45, 7) is 3.22. The second kappa shape index (κ2) is 4.87. The zero-order valence-corrected chi connectivity index (χ0v) is 11.2. The highest BCUT2D eigenvalue weighted by atomic mass is 16.5. The summed E-state index contributed by atoms with van der Waals surface area (Å²) in [6, 6.07) is 0.148. The van der Waals surface area contributed by atoms with Crippen LogP contribution in [0.25, 0.3) is 0 Å². The first-order valence-corrected chi connectivity index (χ1v) is 7.19. The number of ether oxygens (including phenoxy) is 1. The molecule has 0 radical (unpaired) electrons. The number of carbonyl (C=O) groups is 2. The Morgan fingerprint density at radius 1 is 1.32 bits per heavy atom. The Bertz CT molecular complexity index is 395. The van der Waals surface area contributed by atoms with Gasteiger partial charge in [-0.05, 0) is 37.5 Å². The van der Waals surface area contributed by atoms with Gasteiger partial charge in [0, 0.05) is 12.6 Å². The SMILES string of the molecule is CCOC(=O)CC(=O)CN1CC2CC3CC2C1C3O. The van der Waals surface area contributed by atoms with Gasteiger partial charge < -0.3 is 9.84 Å². The number of hydrogen-bond donors (Lipinski definition) is 1. The van der Waals surface area contributed by atoms with Crippen LogP contribution in [0.2, 0.25) is 0 Å². The van der Waals surface area contributed by atoms with Gasteiger partial charge in [-0.25, -0.2) is 0 Å². The summed E-state index contributed by atoms with van der Waals surface area (Å²) in [5, 5.41) is 10.2. The number of rotatable bonds is 5. The third kappa shape index (κ3) is 2.19. The largest absolute Gasteiger partial charge is 0.466 e. The Hall–Kier alpha value is -0.940. The molecule has 1 saturated heterocycles. The minimum Gasteiger partial charge on any atom is -0.466 e. The van der Waals surface area contributed by atoms with Gasteiger partial charge in [-0.2, -0.15) is 0 Å². The van der Waals surface area contributed by atoms with E-state index in [2.05, 4.69) is 4.90 Å². The highest BCUT2D eigenvalue weighted by Gasteiger charge is 2.58. The summed E-state index contributed by atoms with van der Waals surface area (Å²) in [7, 11) is 0. The quantitative estimate of drug-likeness (QED) is 0.570. The molecule has 0 aromatic heterocycles. The van der Waals surface area contributed by atoms with Crippen molar-refractivity contribution in [3.05, 3.63) is 0 Å². The predicted molar refractivity (Wildman–Crippen MR) is 67.3 cm³/mol. The van der Waals surface area contributed by atoms with Crippen molar-refractivity contribution < 1.29 is 19.4 Å². The van der Waals surface area contributed by atoms with E-state index in [1.54, 1.807) is 6.92 Å². The molecule has 5 atom stereocenters. The molecule has 0 amide bonds. The van der Waals surface area contributed by atoms with Crippen LogP contribution in [-0.4, -0.2) is 53.6 Å². The molecular formula is C14H21NO4. The van der Waals surface area contributed by atoms with Crippen LogP contribution in [0.1, 0.15) is 26.2 Å². The Morgan fingerprint density at radius 3 is 2.79 bits per heavy atom. The van der Waals surface area contributed by atoms with E-state index in [1.165, 1.54) is 0 Å². The molecule has 106 valence electrons. The number of esters is 1. The average Bonchev–Trinajstić information content (AvgIpc) is 2.91. The topological polar surface area (TPSA) is 66.8 Å². The summed E-state index contributed by atoms with van der Waals surface area (Å²) in [6.07, 6.45) is 1.79. The highest BCUT2D eigenvalue weighted by molar-refractivity contribution is 5.96. The molecule has 1 heterocycles. The van der Waals surface area contributed by atoms with Crippen LogP contribution < -0.4 is 0 Å². The number of aliphatic hydroxyl groups is 1. The monoisotopic (exact) mass is 267 g/mol. The van der Waals surface area contributed by atoms with E-state index in [0.717, 1.165) is 19.4 Å². The third-order valence-electron chi connectivity index (χ3n) is 4.97. The second-order valence-electron chi connectivity index (χ2n) is 6.09. The Balaban J connectivity index is 1.56. The molecule has 0 spiro atoms. The van der Waals surface area contributed by atoms with Gasteiger partial charge in [-0.15, -0.1) is 0 Å². The molecule has 2 saturated carbocycles. The lowest BCUT2D eigenvalue weighted by Crippen LogP contribution is -2.43. The lowest BCUT2D eigenvalue weighted by molar-refractivity contribution is -0.145. The van der Waals surface area contributed by atoms with E-state index in [4.69, 9.17) is 4.74 Å². The maximum absolute atomic E-state index is 11.9. The van der Waals surface area contributed by atoms with Gasteiger partial charge in [-0.1, -0.05) is 0 Å². The molecule has 3 fully saturated rings. The van der Waals surface area contributed by atoms with Crippen molar-refractivity contribution in [2.24, 2.45) is 17.8 Å². The molecule has 19 heavy (non-hydrogen) atoms. The van der Waals surface area contributed by atoms with Gasteiger partial charge in [0.25, 0.3) is 0 Å². The van der Waals surface area contributed by atoms with Gasteiger partial charge >= 0.3 is 5.97 Å². The first-order chi connectivity index (χ1) is 9.10. The zero-order chi connectivity index (χ0) is 13.6. The van der Waals surface area contributed by atoms with E-state index in [1.807, 2.05) is 0 Å². The Morgan fingerprint density at radius 2 is 2.11 bits per heavy atom. The van der Waals surface area contributed by atoms with Crippen molar-refractivity contribution in [2.45, 2.75) is 38.3 Å². The number of Topliss-reactive ketones (excluding diaryl/α,β-unsaturated/α-hetero) is 1. The van der Waals surface area contributed by atoms with Crippen LogP contribution >= 0.6 is 0 Å². The molecule has 0 aromatic carbocycles. The van der Waals surface area contributed by atoms with Crippen LogP contribution in [0.4, 0.5) is 0 Å². The lowest BCUT2D eigenvalue weighted by atomic mass is 9.88. The van der Waals surface area contributed by atoms with Crippen molar-refractivity contribution in [1.82, 2.24) is 4.90 Å². The van der Waals surface area contributed by atoms with E-state index < -0.39 is 5.97 Å². The Kier molecular flexibility index (Phi) is 3.35. The summed E-state index contributed by atoms with van der Waals surface area (Å²) < 4.78 is 4.79. The number of aliphatic hydroxyl groups excluding tert-OH is 1. The van der Waals surface area contributed by atoms with Gasteiger partial charge in [0.05, 0.1) is 19.3 Å². The molecule has 2 aliphatic carbocycles. The van der Waals surface area contributed by atoms with Crippen molar-refractivity contribution in [2.75, 3.05) is 19.7 Å². The molecule has 1 aliphatic heterocycles. The number of likely N-dealkylation sites (tertiary alicyclic amines) is 1. The van der Waals surface area contributed by atoms with Crippen molar-refractivity contribution in [3.63, 3.8) is 0 Å². The summed E-state index contributed by atoms with van der Waals surface area (Å²) >= 11 is 0. The van der Waals surface area contributed by atoms with E-state index in [-0.39, 0.29) is 30.9 Å². The molecular weight excluding hydrogens is 246 g/mol. The van der Waals surface area contributed by atoms with Crippen molar-refractivity contribution in [3.8, 4) is 0 Å². The molecule has 5 heteroatoms. The Labute approximate surface area is 112 Å². The minimum absolute atomic E-state index is 0.101. The van der Waals surface area contributed by atoms with Gasteiger partial charge in [-0.3, -0.25) is 14.5 Å². The molecule has 0 aromatic rings. The van der Waals surface area contributed by atoms with Crippen molar-refractivity contribution in [1.29, 1.82) is 0 Å². The molecule has 5 unspecified atom stereocenters. The number of carbonyl (C=O) groups excluding carboxylic acids is 2. The third-order valence-corrected chi connectivity index (χ3v) is 4.97. The number of hydrogen-bond acceptors (Lipinski definition) is 5. The first-order valence-electron chi connectivity index (χ1n) is 7.19. The molecule has 3 aliphatic rings. The molecule has 1 N–H and O–H groups in total. The summed E-state index contributed by atoms with van der Waals surface area (Å²) in [5.74, 6) is 1.10. The number of nitrogens with zero attached hydrogens (tertiary/aromatic N) is 1. The van der Waals surface area contributed by atoms with E-state index in [0.29, 0.717) is 24.4 Å². The molecule has 2 bridgehead atoms. The number of ketones is 1. The molecule has 3 rings (SSSR count). The van der Waals surface area contributed by atoms with Crippen LogP contribution in [0, 0.1) is 17.8 Å². The second-order valence-corrected chi connectivity index (χ2v) is 6.09. The standard InChI is InChI=1S/C14H21NO4/c1-2-19-12(17)5-10(16)7-15-6-9-3-8-4-11(9)13(15)14(8)18/h8-9,11,13-14,18H,2-7H2,1H3. The smallest absolute Gasteiger partial charge is 0.313 e. The fourth-order valence-electron chi connectivity index (χ4n) is 4.38. The van der Waals surface area contributed by atoms with Crippen LogP contribution in [0.15, 0.2) is 0 Å².